The summed E-state index contributed by atoms with van der Waals surface area (Å²) in [5.41, 5.74) is 20.3. The highest BCUT2D eigenvalue weighted by molar-refractivity contribution is 7.22. The van der Waals surface area contributed by atoms with Crippen molar-refractivity contribution in [1.82, 2.24) is 0 Å². The van der Waals surface area contributed by atoms with Crippen LogP contribution in [0.1, 0.15) is 55.5 Å². The molecule has 550 valence electrons. The number of rotatable bonds is 12. The summed E-state index contributed by atoms with van der Waals surface area (Å²) >= 11 is 0. The molecule has 0 saturated carbocycles. The van der Waals surface area contributed by atoms with Gasteiger partial charge in [0, 0.05) is 44.6 Å². The van der Waals surface area contributed by atoms with Gasteiger partial charge in [-0.15, -0.1) is 0 Å². The van der Waals surface area contributed by atoms with E-state index in [2.05, 4.69) is 456 Å². The first kappa shape index (κ1) is 70.1. The van der Waals surface area contributed by atoms with Crippen LogP contribution in [0.5, 0.6) is 0 Å². The third-order valence-electron chi connectivity index (χ3n) is 26.2. The van der Waals surface area contributed by atoms with E-state index in [1.54, 1.807) is 0 Å². The second kappa shape index (κ2) is 27.2. The Morgan fingerprint density at radius 2 is 0.491 bits per heavy atom. The van der Waals surface area contributed by atoms with E-state index in [1.807, 2.05) is 0 Å². The van der Waals surface area contributed by atoms with Crippen LogP contribution in [0.2, 0.25) is 0 Å². The van der Waals surface area contributed by atoms with Crippen LogP contribution in [0.3, 0.4) is 0 Å². The van der Waals surface area contributed by atoms with Gasteiger partial charge in [-0.3, -0.25) is 0 Å². The minimum atomic E-state index is -3.64. The number of fused-ring (bicyclic) bond motifs is 10. The highest BCUT2D eigenvalue weighted by Crippen LogP contribution is 2.74. The summed E-state index contributed by atoms with van der Waals surface area (Å²) in [7, 11) is -7.27. The predicted octanol–water partition coefficient (Wildman–Crippen LogP) is 22.6. The molecule has 3 nitrogen and oxygen atoms in total. The van der Waals surface area contributed by atoms with Crippen molar-refractivity contribution in [3.8, 4) is 84.0 Å². The van der Waals surface area contributed by atoms with Crippen LogP contribution in [-0.2, 0) is 16.2 Å². The van der Waals surface area contributed by atoms with E-state index in [0.717, 1.165) is 144 Å². The molecule has 2 heterocycles. The number of hydrogen-bond donors (Lipinski definition) is 0. The van der Waals surface area contributed by atoms with Gasteiger partial charge in [-0.05, 0) is 172 Å². The minimum absolute atomic E-state index is 0.0379. The molecular formula is C110H80FN3Si2. The lowest BCUT2D eigenvalue weighted by atomic mass is 9.52. The molecule has 0 N–H and O–H groups in total. The van der Waals surface area contributed by atoms with Crippen LogP contribution >= 0.6 is 0 Å². The Hall–Kier alpha value is -13.8. The van der Waals surface area contributed by atoms with Gasteiger partial charge in [0.2, 0.25) is 0 Å². The van der Waals surface area contributed by atoms with Crippen LogP contribution in [0.15, 0.2) is 413 Å². The second-order valence-electron chi connectivity index (χ2n) is 32.5. The lowest BCUT2D eigenvalue weighted by Crippen LogP contribution is -2.77. The van der Waals surface area contributed by atoms with E-state index in [1.165, 1.54) is 20.7 Å². The summed E-state index contributed by atoms with van der Waals surface area (Å²) in [5.74, 6) is -0.525. The summed E-state index contributed by atoms with van der Waals surface area (Å²) in [6.45, 7) is 9.46. The van der Waals surface area contributed by atoms with Gasteiger partial charge in [0.25, 0.3) is 0 Å². The molecule has 0 bridgehead atoms. The van der Waals surface area contributed by atoms with Gasteiger partial charge < -0.3 is 9.80 Å². The molecule has 0 unspecified atom stereocenters. The quantitative estimate of drug-likeness (QED) is 0.114. The Balaban J connectivity index is 0.983. The smallest absolute Gasteiger partial charge is 0.184 e. The van der Waals surface area contributed by atoms with Gasteiger partial charge in [0.1, 0.15) is 17.4 Å². The van der Waals surface area contributed by atoms with Gasteiger partial charge in [-0.1, -0.05) is 404 Å². The van der Waals surface area contributed by atoms with Crippen molar-refractivity contribution in [1.29, 1.82) is 5.26 Å². The summed E-state index contributed by atoms with van der Waals surface area (Å²) in [4.78, 5) is 4.95. The van der Waals surface area contributed by atoms with E-state index in [0.29, 0.717) is 11.3 Å². The van der Waals surface area contributed by atoms with Crippen molar-refractivity contribution in [3.63, 3.8) is 0 Å². The first-order valence-electron chi connectivity index (χ1n) is 40.3. The summed E-state index contributed by atoms with van der Waals surface area (Å²) < 4.78 is 21.6. The van der Waals surface area contributed by atoms with E-state index < -0.39 is 38.2 Å². The fraction of sp³-hybridized carbons (Fsp3) is 0.0636. The molecule has 116 heavy (non-hydrogen) atoms. The van der Waals surface area contributed by atoms with Gasteiger partial charge in [-0.25, -0.2) is 4.39 Å². The number of benzene rings is 17. The second-order valence-corrected chi connectivity index (χ2v) is 40.0. The van der Waals surface area contributed by atoms with Crippen molar-refractivity contribution < 1.29 is 4.39 Å². The zero-order valence-corrected chi connectivity index (χ0v) is 67.0. The lowest BCUT2D eigenvalue weighted by Gasteiger charge is -2.51. The average molecular weight is 1520 g/mol. The Bertz CT molecular complexity index is 6400. The van der Waals surface area contributed by atoms with Crippen molar-refractivity contribution in [2.75, 3.05) is 9.80 Å². The number of hydrogen-bond acceptors (Lipinski definition) is 3. The molecule has 4 aliphatic rings. The molecule has 17 aromatic rings. The highest BCUT2D eigenvalue weighted by atomic mass is 28.3. The molecule has 17 aromatic carbocycles. The van der Waals surface area contributed by atoms with Crippen molar-refractivity contribution in [2.24, 2.45) is 0 Å². The fourth-order valence-corrected chi connectivity index (χ4v) is 31.9. The molecule has 0 radical (unpaired) electrons. The van der Waals surface area contributed by atoms with Gasteiger partial charge in [0.15, 0.2) is 16.1 Å². The van der Waals surface area contributed by atoms with E-state index in [9.17, 15) is 5.26 Å². The summed E-state index contributed by atoms with van der Waals surface area (Å²) in [6.07, 6.45) is 0. The fourth-order valence-electron chi connectivity index (χ4n) is 21.6. The normalized spacial score (nSPS) is 14.9. The third kappa shape index (κ3) is 10.1. The van der Waals surface area contributed by atoms with Crippen molar-refractivity contribution in [3.05, 3.63) is 446 Å². The maximum absolute atomic E-state index is 21.6. The van der Waals surface area contributed by atoms with Crippen LogP contribution < -0.4 is 51.3 Å². The number of halogens is 1. The first-order chi connectivity index (χ1) is 57.0. The van der Waals surface area contributed by atoms with Crippen molar-refractivity contribution in [2.45, 2.75) is 43.9 Å². The molecule has 21 rings (SSSR count). The molecule has 1 spiro atoms. The number of nitrogens with zero attached hydrogens (tertiary/aromatic N) is 3. The molecule has 0 atom stereocenters. The maximum atomic E-state index is 21.6. The summed E-state index contributed by atoms with van der Waals surface area (Å²) in [5, 5.41) is 22.8. The van der Waals surface area contributed by atoms with Crippen LogP contribution in [0.25, 0.3) is 77.9 Å². The van der Waals surface area contributed by atoms with Gasteiger partial charge in [-0.2, -0.15) is 5.26 Å². The highest BCUT2D eigenvalue weighted by Gasteiger charge is 2.70. The predicted molar refractivity (Wildman–Crippen MR) is 486 cm³/mol. The first-order valence-corrected chi connectivity index (χ1v) is 44.3. The topological polar surface area (TPSA) is 30.3 Å². The third-order valence-corrected chi connectivity index (χ3v) is 35.9. The molecule has 0 amide bonds. The van der Waals surface area contributed by atoms with Crippen LogP contribution in [-0.4, -0.2) is 16.1 Å². The lowest BCUT2D eigenvalue weighted by molar-refractivity contribution is 0.229. The average Bonchev–Trinajstić information content (AvgIpc) is 1.46. The monoisotopic (exact) mass is 1520 g/mol. The van der Waals surface area contributed by atoms with E-state index >= 15 is 4.39 Å². The Morgan fingerprint density at radius 3 is 0.759 bits per heavy atom. The zero-order valence-electron chi connectivity index (χ0n) is 65.0. The maximum Gasteiger partial charge on any atom is 0.184 e. The largest absolute Gasteiger partial charge is 0.308 e. The zero-order chi connectivity index (χ0) is 78.1. The number of nitriles is 1. The molecule has 2 aliphatic heterocycles. The van der Waals surface area contributed by atoms with Gasteiger partial charge in [0.05, 0.1) is 11.4 Å². The molecule has 0 aromatic heterocycles. The van der Waals surface area contributed by atoms with Gasteiger partial charge >= 0.3 is 0 Å². The van der Waals surface area contributed by atoms with E-state index in [-0.39, 0.29) is 5.56 Å². The Kier molecular flexibility index (Phi) is 16.4. The van der Waals surface area contributed by atoms with E-state index in [4.69, 9.17) is 0 Å². The SMILES string of the molecule is CC1(C)c2c(F)c(C#N)c(N3c4ccc(-c5ccccc5)cc4[Si](c4ccccc4)(c4ccccc4)c4cc(-c5ccccc5)ccc43)c(N3c4ccc(-c5ccccc5)cc4[Si](c4ccccc4)(c4ccccc4)c4cc(-c5ccccc5)ccc43)c2C(C)(C)C12c1cc(-c3ccccc3)ccc1-c1ccc(-c3ccccc3)cc12. The molecule has 0 fully saturated rings. The van der Waals surface area contributed by atoms with Crippen LogP contribution in [0, 0.1) is 17.1 Å². The molecular weight excluding hydrogens is 1440 g/mol. The number of anilines is 6. The molecule has 6 heteroatoms. The standard InChI is InChI=1S/C110H80FN3Si2/c1-108(2)103-104(109(3,4)110(108)93-67-80(74-35-15-5-16-36-74)55-61-90(93)91-62-56-81(68-94(91)110)75-37-17-6-18-38-75)107(114-97-65-59-84(78-43-23-9-24-44-78)71-101(97)116(88-51-31-13-32-52-88,89-53-33-14-34-54-89)102-72-85(60-66-98(102)114)79-45-25-10-26-46-79)106(92(73-112)105(103)111)113-95-63-57-82(76-39-19-7-20-40-76)69-99(95)115(86-47-27-11-28-48-86,87-49-29-12-30-50-87)100-70-83(58-64-96(100)113)77-41-21-8-22-42-77/h5-72H,1-4H3. The van der Waals surface area contributed by atoms with Crippen LogP contribution in [0.4, 0.5) is 38.5 Å². The Labute approximate surface area is 680 Å². The molecule has 2 aliphatic carbocycles. The Morgan fingerprint density at radius 1 is 0.259 bits per heavy atom. The van der Waals surface area contributed by atoms with Crippen molar-refractivity contribution >= 4 is 91.8 Å². The minimum Gasteiger partial charge on any atom is -0.308 e. The molecule has 0 saturated heterocycles. The summed E-state index contributed by atoms with van der Waals surface area (Å²) in [6, 6.07) is 155.